The lowest BCUT2D eigenvalue weighted by atomic mass is 9.84. The van der Waals surface area contributed by atoms with Gasteiger partial charge in [-0.1, -0.05) is 32.9 Å². The fourth-order valence-electron chi connectivity index (χ4n) is 5.15. The summed E-state index contributed by atoms with van der Waals surface area (Å²) in [7, 11) is -6.25. The molecule has 55 heavy (non-hydrogen) atoms. The highest BCUT2D eigenvalue weighted by atomic mass is 28.5. The summed E-state index contributed by atoms with van der Waals surface area (Å²) in [6, 6.07) is 0.756. The molecule has 0 aliphatic carbocycles. The summed E-state index contributed by atoms with van der Waals surface area (Å²) in [4.78, 5) is 73.7. The van der Waals surface area contributed by atoms with E-state index in [0.717, 1.165) is 36.4 Å². The lowest BCUT2D eigenvalue weighted by molar-refractivity contribution is -0.164. The van der Waals surface area contributed by atoms with Gasteiger partial charge in [0.05, 0.1) is 24.0 Å². The van der Waals surface area contributed by atoms with Gasteiger partial charge in [0.1, 0.15) is 33.0 Å². The van der Waals surface area contributed by atoms with E-state index < -0.39 is 85.8 Å². The van der Waals surface area contributed by atoms with Gasteiger partial charge in [-0.2, -0.15) is 0 Å². The second kappa shape index (κ2) is 24.5. The first-order valence-corrected chi connectivity index (χ1v) is 27.0. The van der Waals surface area contributed by atoms with E-state index in [1.807, 2.05) is 13.1 Å². The SMILES string of the molecule is C=CC(=O)CCC(COCC(COC(=O)C=C)(COC(=O)C=C)COC(=O)C=C)(COC(=O)C=C)COC(=O)NCCC[Si](C)(C)O[Si](C)(C)O[Si](C)(C)C. The van der Waals surface area contributed by atoms with Crippen LogP contribution in [-0.4, -0.2) is 114 Å². The van der Waals surface area contributed by atoms with Crippen LogP contribution in [0.25, 0.3) is 0 Å². The standard InChI is InChI=1S/C37H61NO14Si3/c1-13-30(39)19-20-36(25-46-31(40)14-2,26-50-35(44)38-21-18-22-54(9,10)52-55(11,12)51-53(6,7)8)23-45-24-37(27-47-32(41)15-3,28-48-33(42)16-4)29-49-34(43)17-5/h13-17H,1-5,18-29H2,6-12H3,(H,38,44). The molecule has 0 fully saturated rings. The Kier molecular flexibility index (Phi) is 22.8. The third-order valence-corrected chi connectivity index (χ3v) is 17.7. The van der Waals surface area contributed by atoms with Crippen LogP contribution in [0, 0.1) is 10.8 Å². The number of nitrogens with one attached hydrogen (secondary N) is 1. The van der Waals surface area contributed by atoms with Gasteiger partial charge in [0.2, 0.25) is 0 Å². The highest BCUT2D eigenvalue weighted by Gasteiger charge is 2.40. The number of allylic oxidation sites excluding steroid dienone is 1. The zero-order valence-electron chi connectivity index (χ0n) is 33.6. The summed E-state index contributed by atoms with van der Waals surface area (Å²) in [6.07, 6.45) is 4.60. The van der Waals surface area contributed by atoms with Gasteiger partial charge >= 0.3 is 38.5 Å². The molecule has 1 N–H and O–H groups in total. The van der Waals surface area contributed by atoms with E-state index in [9.17, 15) is 28.8 Å². The quantitative estimate of drug-likeness (QED) is 0.0322. The lowest BCUT2D eigenvalue weighted by Crippen LogP contribution is -2.51. The first kappa shape index (κ1) is 51.1. The van der Waals surface area contributed by atoms with Crippen LogP contribution in [0.3, 0.4) is 0 Å². The molecule has 0 rings (SSSR count). The van der Waals surface area contributed by atoms with Crippen LogP contribution in [0.2, 0.25) is 51.9 Å². The van der Waals surface area contributed by atoms with Gasteiger partial charge in [0, 0.05) is 37.3 Å². The van der Waals surface area contributed by atoms with Crippen LogP contribution in [-0.2, 0) is 60.6 Å². The molecule has 310 valence electrons. The molecular weight excluding hydrogens is 767 g/mol. The van der Waals surface area contributed by atoms with E-state index in [-0.39, 0.29) is 51.6 Å². The summed E-state index contributed by atoms with van der Waals surface area (Å²) in [5.41, 5.74) is -2.79. The van der Waals surface area contributed by atoms with Crippen LogP contribution >= 0.6 is 0 Å². The molecule has 0 aliphatic rings. The Bertz CT molecular complexity index is 1290. The molecule has 0 aliphatic heterocycles. The first-order chi connectivity index (χ1) is 25.5. The van der Waals surface area contributed by atoms with Crippen LogP contribution in [0.5, 0.6) is 0 Å². The Morgan fingerprint density at radius 3 is 1.40 bits per heavy atom. The van der Waals surface area contributed by atoms with Gasteiger partial charge in [-0.15, -0.1) is 0 Å². The molecular formula is C37H61NO14Si3. The number of alkyl carbamates (subject to hydrolysis) is 1. The molecule has 0 aromatic rings. The van der Waals surface area contributed by atoms with Crippen LogP contribution in [0.4, 0.5) is 4.79 Å². The van der Waals surface area contributed by atoms with Crippen LogP contribution < -0.4 is 5.32 Å². The minimum atomic E-state index is -2.34. The number of ketones is 1. The molecule has 0 aromatic heterocycles. The number of rotatable bonds is 30. The third-order valence-electron chi connectivity index (χ3n) is 7.50. The third kappa shape index (κ3) is 23.5. The van der Waals surface area contributed by atoms with Crippen molar-refractivity contribution in [3.63, 3.8) is 0 Å². The second-order valence-corrected chi connectivity index (χ2v) is 27.7. The van der Waals surface area contributed by atoms with Gasteiger partial charge in [0.25, 0.3) is 0 Å². The van der Waals surface area contributed by atoms with Crippen molar-refractivity contribution in [2.45, 2.75) is 71.1 Å². The average Bonchev–Trinajstić information content (AvgIpc) is 3.11. The Morgan fingerprint density at radius 2 is 0.982 bits per heavy atom. The lowest BCUT2D eigenvalue weighted by Gasteiger charge is -2.37. The Morgan fingerprint density at radius 1 is 0.564 bits per heavy atom. The van der Waals surface area contributed by atoms with E-state index >= 15 is 0 Å². The predicted octanol–water partition coefficient (Wildman–Crippen LogP) is 5.32. The molecule has 0 saturated heterocycles. The molecule has 1 unspecified atom stereocenters. The number of hydrogen-bond acceptors (Lipinski definition) is 14. The zero-order valence-corrected chi connectivity index (χ0v) is 36.6. The number of esters is 4. The largest absolute Gasteiger partial charge is 0.462 e. The fraction of sp³-hybridized carbons (Fsp3) is 0.568. The Labute approximate surface area is 328 Å². The molecule has 0 heterocycles. The minimum Gasteiger partial charge on any atom is -0.462 e. The van der Waals surface area contributed by atoms with Crippen molar-refractivity contribution in [1.82, 2.24) is 5.32 Å². The predicted molar refractivity (Wildman–Crippen MR) is 214 cm³/mol. The first-order valence-electron chi connectivity index (χ1n) is 17.7. The molecule has 0 aromatic carbocycles. The summed E-state index contributed by atoms with van der Waals surface area (Å²) in [6.45, 7) is 29.2. The molecule has 0 bridgehead atoms. The van der Waals surface area contributed by atoms with E-state index in [4.69, 9.17) is 36.7 Å². The maximum absolute atomic E-state index is 13.0. The minimum absolute atomic E-state index is 0.00119. The summed E-state index contributed by atoms with van der Waals surface area (Å²) >= 11 is 0. The van der Waals surface area contributed by atoms with Crippen molar-refractivity contribution in [2.24, 2.45) is 10.8 Å². The van der Waals surface area contributed by atoms with E-state index in [0.29, 0.717) is 6.42 Å². The summed E-state index contributed by atoms with van der Waals surface area (Å²) in [5.74, 6) is -3.57. The molecule has 18 heteroatoms. The van der Waals surface area contributed by atoms with Gasteiger partial charge < -0.3 is 42.0 Å². The molecule has 1 atom stereocenters. The molecule has 15 nitrogen and oxygen atoms in total. The van der Waals surface area contributed by atoms with Crippen molar-refractivity contribution in [3.05, 3.63) is 63.3 Å². The highest BCUT2D eigenvalue weighted by Crippen LogP contribution is 2.30. The number of carbonyl (C=O) groups excluding carboxylic acids is 6. The molecule has 0 radical (unpaired) electrons. The number of amides is 1. The zero-order chi connectivity index (χ0) is 42.3. The topological polar surface area (TPSA) is 188 Å². The van der Waals surface area contributed by atoms with Gasteiger partial charge in [-0.25, -0.2) is 24.0 Å². The Balaban J connectivity index is 6.19. The number of hydrogen-bond donors (Lipinski definition) is 1. The van der Waals surface area contributed by atoms with Crippen LogP contribution in [0.1, 0.15) is 19.3 Å². The fourth-order valence-corrected chi connectivity index (χ4v) is 18.3. The van der Waals surface area contributed by atoms with Gasteiger partial charge in [-0.3, -0.25) is 4.79 Å². The number of carbonyl (C=O) groups is 6. The second-order valence-electron chi connectivity index (χ2n) is 15.0. The smallest absolute Gasteiger partial charge is 0.407 e. The van der Waals surface area contributed by atoms with E-state index in [2.05, 4.69) is 70.9 Å². The van der Waals surface area contributed by atoms with Gasteiger partial charge in [-0.05, 0) is 70.8 Å². The molecule has 0 spiro atoms. The van der Waals surface area contributed by atoms with Gasteiger partial charge in [0.15, 0.2) is 22.4 Å². The average molecular weight is 828 g/mol. The summed E-state index contributed by atoms with van der Waals surface area (Å²) in [5, 5.41) is 2.73. The Hall–Kier alpha value is -3.95. The maximum Gasteiger partial charge on any atom is 0.407 e. The summed E-state index contributed by atoms with van der Waals surface area (Å²) < 4.78 is 45.7. The molecule has 0 saturated carbocycles. The van der Waals surface area contributed by atoms with Crippen molar-refractivity contribution < 1.29 is 65.4 Å². The normalized spacial score (nSPS) is 12.9. The van der Waals surface area contributed by atoms with Crippen molar-refractivity contribution in [3.8, 4) is 0 Å². The van der Waals surface area contributed by atoms with Crippen LogP contribution in [0.15, 0.2) is 63.3 Å². The number of ether oxygens (including phenoxy) is 6. The van der Waals surface area contributed by atoms with E-state index in [1.54, 1.807) is 0 Å². The van der Waals surface area contributed by atoms with Crippen molar-refractivity contribution >= 4 is 60.9 Å². The van der Waals surface area contributed by atoms with Crippen molar-refractivity contribution in [1.29, 1.82) is 0 Å². The highest BCUT2D eigenvalue weighted by molar-refractivity contribution is 6.87. The van der Waals surface area contributed by atoms with E-state index in [1.165, 1.54) is 0 Å². The monoisotopic (exact) mass is 827 g/mol. The van der Waals surface area contributed by atoms with Crippen molar-refractivity contribution in [2.75, 3.05) is 52.8 Å². The maximum atomic E-state index is 13.0. The molecule has 1 amide bonds.